The predicted octanol–water partition coefficient (Wildman–Crippen LogP) is 4.73. The van der Waals surface area contributed by atoms with Gasteiger partial charge in [0.25, 0.3) is 0 Å². The van der Waals surface area contributed by atoms with Crippen LogP contribution in [0.25, 0.3) is 0 Å². The summed E-state index contributed by atoms with van der Waals surface area (Å²) in [6.07, 6.45) is 1.72. The van der Waals surface area contributed by atoms with Crippen molar-refractivity contribution in [2.45, 2.75) is 32.7 Å². The molecule has 0 bridgehead atoms. The molecule has 0 aromatic heterocycles. The van der Waals surface area contributed by atoms with E-state index in [4.69, 9.17) is 16.3 Å². The molecule has 0 fully saturated rings. The van der Waals surface area contributed by atoms with Gasteiger partial charge in [-0.05, 0) is 43.0 Å². The van der Waals surface area contributed by atoms with Crippen LogP contribution in [0.4, 0.5) is 4.79 Å². The molecule has 0 spiro atoms. The fraction of sp³-hybridized carbons (Fsp3) is 0.350. The molecular formula is C20H25ClN2O2. The van der Waals surface area contributed by atoms with E-state index in [2.05, 4.69) is 41.8 Å². The van der Waals surface area contributed by atoms with E-state index in [9.17, 15) is 4.79 Å². The number of carbonyl (C=O) groups excluding carboxylic acids is 1. The van der Waals surface area contributed by atoms with Crippen LogP contribution in [-0.2, 0) is 6.42 Å². The smallest absolute Gasteiger partial charge is 0.315 e. The molecule has 2 N–H and O–H groups in total. The zero-order valence-electron chi connectivity index (χ0n) is 14.7. The molecule has 2 aromatic carbocycles. The number of nitrogens with one attached hydrogen (secondary N) is 2. The van der Waals surface area contributed by atoms with Crippen molar-refractivity contribution >= 4 is 17.6 Å². The molecule has 0 aliphatic rings. The van der Waals surface area contributed by atoms with Crippen molar-refractivity contribution in [2.75, 3.05) is 13.2 Å². The molecule has 0 saturated carbocycles. The second kappa shape index (κ2) is 9.94. The number of urea groups is 1. The van der Waals surface area contributed by atoms with Gasteiger partial charge in [0.1, 0.15) is 5.75 Å². The number of para-hydroxylation sites is 1. The van der Waals surface area contributed by atoms with E-state index in [-0.39, 0.29) is 12.1 Å². The number of rotatable bonds is 8. The highest BCUT2D eigenvalue weighted by atomic mass is 35.5. The number of halogens is 1. The maximum absolute atomic E-state index is 12.0. The summed E-state index contributed by atoms with van der Waals surface area (Å²) >= 11 is 6.02. The van der Waals surface area contributed by atoms with Gasteiger partial charge in [-0.25, -0.2) is 4.79 Å². The molecule has 0 radical (unpaired) electrons. The van der Waals surface area contributed by atoms with Gasteiger partial charge >= 0.3 is 6.03 Å². The van der Waals surface area contributed by atoms with Gasteiger partial charge in [0.2, 0.25) is 0 Å². The Morgan fingerprint density at radius 1 is 1.16 bits per heavy atom. The van der Waals surface area contributed by atoms with Crippen molar-refractivity contribution in [3.05, 3.63) is 64.7 Å². The minimum Gasteiger partial charge on any atom is -0.492 e. The fourth-order valence-corrected chi connectivity index (χ4v) is 2.58. The molecule has 2 aromatic rings. The first-order chi connectivity index (χ1) is 12.1. The van der Waals surface area contributed by atoms with Crippen LogP contribution < -0.4 is 15.4 Å². The SMILES string of the molecule is CCc1ccc(C(C)NC(=O)NCCCOc2ccccc2Cl)cc1. The zero-order chi connectivity index (χ0) is 18.1. The molecule has 1 atom stereocenters. The van der Waals surface area contributed by atoms with Crippen LogP contribution in [0.15, 0.2) is 48.5 Å². The van der Waals surface area contributed by atoms with E-state index >= 15 is 0 Å². The Balaban J connectivity index is 1.65. The molecule has 0 heterocycles. The van der Waals surface area contributed by atoms with Crippen molar-refractivity contribution < 1.29 is 9.53 Å². The van der Waals surface area contributed by atoms with E-state index in [0.29, 0.717) is 30.3 Å². The van der Waals surface area contributed by atoms with Crippen molar-refractivity contribution in [3.63, 3.8) is 0 Å². The Hall–Kier alpha value is -2.20. The van der Waals surface area contributed by atoms with Gasteiger partial charge in [0, 0.05) is 6.54 Å². The topological polar surface area (TPSA) is 50.4 Å². The summed E-state index contributed by atoms with van der Waals surface area (Å²) in [4.78, 5) is 12.0. The third-order valence-corrected chi connectivity index (χ3v) is 4.25. The molecule has 1 unspecified atom stereocenters. The molecule has 0 saturated heterocycles. The van der Waals surface area contributed by atoms with E-state index in [1.54, 1.807) is 6.07 Å². The summed E-state index contributed by atoms with van der Waals surface area (Å²) in [5.41, 5.74) is 2.38. The Bertz CT molecular complexity index is 674. The molecule has 0 aliphatic carbocycles. The Morgan fingerprint density at radius 2 is 1.88 bits per heavy atom. The number of ether oxygens (including phenoxy) is 1. The summed E-state index contributed by atoms with van der Waals surface area (Å²) < 4.78 is 5.59. The van der Waals surface area contributed by atoms with Gasteiger partial charge in [-0.15, -0.1) is 0 Å². The first-order valence-electron chi connectivity index (χ1n) is 8.60. The van der Waals surface area contributed by atoms with Gasteiger partial charge in [-0.1, -0.05) is 54.9 Å². The molecule has 5 heteroatoms. The molecule has 0 aliphatic heterocycles. The van der Waals surface area contributed by atoms with Crippen LogP contribution in [0.2, 0.25) is 5.02 Å². The van der Waals surface area contributed by atoms with Crippen LogP contribution in [0.3, 0.4) is 0 Å². The Morgan fingerprint density at radius 3 is 2.56 bits per heavy atom. The lowest BCUT2D eigenvalue weighted by Gasteiger charge is -2.15. The van der Waals surface area contributed by atoms with Crippen molar-refractivity contribution in [1.82, 2.24) is 10.6 Å². The quantitative estimate of drug-likeness (QED) is 0.668. The predicted molar refractivity (Wildman–Crippen MR) is 102 cm³/mol. The number of benzene rings is 2. The highest BCUT2D eigenvalue weighted by Crippen LogP contribution is 2.22. The highest BCUT2D eigenvalue weighted by Gasteiger charge is 2.08. The number of carbonyl (C=O) groups is 1. The summed E-state index contributed by atoms with van der Waals surface area (Å²) in [6.45, 7) is 5.14. The maximum atomic E-state index is 12.0. The molecular weight excluding hydrogens is 336 g/mol. The normalized spacial score (nSPS) is 11.6. The van der Waals surface area contributed by atoms with Gasteiger partial charge in [-0.2, -0.15) is 0 Å². The molecule has 4 nitrogen and oxygen atoms in total. The van der Waals surface area contributed by atoms with Crippen LogP contribution >= 0.6 is 11.6 Å². The Labute approximate surface area is 154 Å². The van der Waals surface area contributed by atoms with E-state index in [1.807, 2.05) is 25.1 Å². The van der Waals surface area contributed by atoms with E-state index in [1.165, 1.54) is 5.56 Å². The monoisotopic (exact) mass is 360 g/mol. The number of amides is 2. The van der Waals surface area contributed by atoms with Crippen LogP contribution in [0, 0.1) is 0 Å². The van der Waals surface area contributed by atoms with Gasteiger partial charge < -0.3 is 15.4 Å². The van der Waals surface area contributed by atoms with Crippen LogP contribution in [-0.4, -0.2) is 19.2 Å². The molecule has 25 heavy (non-hydrogen) atoms. The van der Waals surface area contributed by atoms with Gasteiger partial charge in [0.05, 0.1) is 17.7 Å². The lowest BCUT2D eigenvalue weighted by molar-refractivity contribution is 0.236. The number of aryl methyl sites for hydroxylation is 1. The number of hydrogen-bond acceptors (Lipinski definition) is 2. The lowest BCUT2D eigenvalue weighted by atomic mass is 10.1. The average Bonchev–Trinajstić information content (AvgIpc) is 2.63. The van der Waals surface area contributed by atoms with Crippen molar-refractivity contribution in [3.8, 4) is 5.75 Å². The van der Waals surface area contributed by atoms with Crippen molar-refractivity contribution in [2.24, 2.45) is 0 Å². The van der Waals surface area contributed by atoms with Crippen LogP contribution in [0.5, 0.6) is 5.75 Å². The minimum absolute atomic E-state index is 0.0368. The first-order valence-corrected chi connectivity index (χ1v) is 8.98. The second-order valence-corrected chi connectivity index (χ2v) is 6.26. The molecule has 2 rings (SSSR count). The zero-order valence-corrected chi connectivity index (χ0v) is 15.5. The van der Waals surface area contributed by atoms with Gasteiger partial charge in [0.15, 0.2) is 0 Å². The molecule has 134 valence electrons. The summed E-state index contributed by atoms with van der Waals surface area (Å²) in [6, 6.07) is 15.4. The van der Waals surface area contributed by atoms with Gasteiger partial charge in [-0.3, -0.25) is 0 Å². The Kier molecular flexibility index (Phi) is 7.61. The largest absolute Gasteiger partial charge is 0.492 e. The minimum atomic E-state index is -0.176. The second-order valence-electron chi connectivity index (χ2n) is 5.85. The maximum Gasteiger partial charge on any atom is 0.315 e. The van der Waals surface area contributed by atoms with E-state index < -0.39 is 0 Å². The highest BCUT2D eigenvalue weighted by molar-refractivity contribution is 6.32. The molecule has 2 amide bonds. The summed E-state index contributed by atoms with van der Waals surface area (Å²) in [5, 5.41) is 6.38. The lowest BCUT2D eigenvalue weighted by Crippen LogP contribution is -2.37. The van der Waals surface area contributed by atoms with E-state index in [0.717, 1.165) is 12.0 Å². The third-order valence-electron chi connectivity index (χ3n) is 3.94. The fourth-order valence-electron chi connectivity index (χ4n) is 2.39. The number of hydrogen-bond donors (Lipinski definition) is 2. The van der Waals surface area contributed by atoms with Crippen LogP contribution in [0.1, 0.15) is 37.4 Å². The summed E-state index contributed by atoms with van der Waals surface area (Å²) in [7, 11) is 0. The first kappa shape index (κ1) is 19.1. The van der Waals surface area contributed by atoms with Crippen molar-refractivity contribution in [1.29, 1.82) is 0 Å². The average molecular weight is 361 g/mol. The third kappa shape index (κ3) is 6.31. The summed E-state index contributed by atoms with van der Waals surface area (Å²) in [5.74, 6) is 0.665. The standard InChI is InChI=1S/C20H25ClN2O2/c1-3-16-9-11-17(12-10-16)15(2)23-20(24)22-13-6-14-25-19-8-5-4-7-18(19)21/h4-5,7-12,15H,3,6,13-14H2,1-2H3,(H2,22,23,24).